The van der Waals surface area contributed by atoms with Crippen molar-refractivity contribution in [3.63, 3.8) is 0 Å². The van der Waals surface area contributed by atoms with Crippen molar-refractivity contribution in [3.8, 4) is 0 Å². The minimum atomic E-state index is -2.32. The Kier molecular flexibility index (Phi) is 8.78. The summed E-state index contributed by atoms with van der Waals surface area (Å²) in [5, 5.41) is 6.52. The van der Waals surface area contributed by atoms with E-state index in [2.05, 4.69) is 50.5 Å². The van der Waals surface area contributed by atoms with Crippen LogP contribution in [0.1, 0.15) is 22.5 Å². The van der Waals surface area contributed by atoms with Crippen LogP contribution in [0.5, 0.6) is 0 Å². The highest BCUT2D eigenvalue weighted by molar-refractivity contribution is 7.33. The summed E-state index contributed by atoms with van der Waals surface area (Å²) in [4.78, 5) is 33.3. The fourth-order valence-corrected chi connectivity index (χ4v) is 4.83. The molecule has 6 rings (SSSR count). The molecule has 232 valence electrons. The van der Waals surface area contributed by atoms with Gasteiger partial charge in [-0.2, -0.15) is 19.9 Å². The van der Waals surface area contributed by atoms with Gasteiger partial charge >= 0.3 is 8.25 Å². The minimum Gasteiger partial charge on any atom is -0.382 e. The molecule has 17 nitrogen and oxygen atoms in total. The van der Waals surface area contributed by atoms with E-state index < -0.39 is 8.25 Å². The lowest BCUT2D eigenvalue weighted by Gasteiger charge is -2.08. The largest absolute Gasteiger partial charge is 0.698 e. The Hall–Kier alpha value is -5.90. The number of hydrogen-bond acceptors (Lipinski definition) is 17. The Labute approximate surface area is 262 Å². The predicted octanol–water partition coefficient (Wildman–Crippen LogP) is 3.10. The van der Waals surface area contributed by atoms with Crippen molar-refractivity contribution < 1.29 is 13.6 Å². The molecule has 6 aromatic rings. The maximum atomic E-state index is 12.3. The van der Waals surface area contributed by atoms with Crippen molar-refractivity contribution >= 4 is 65.5 Å². The lowest BCUT2D eigenvalue weighted by Crippen LogP contribution is -2.07. The van der Waals surface area contributed by atoms with E-state index in [1.165, 1.54) is 0 Å². The zero-order valence-corrected chi connectivity index (χ0v) is 25.1. The van der Waals surface area contributed by atoms with E-state index in [0.29, 0.717) is 46.8 Å². The predicted molar refractivity (Wildman–Crippen MR) is 173 cm³/mol. The number of benzene rings is 2. The Morgan fingerprint density at radius 1 is 0.587 bits per heavy atom. The third kappa shape index (κ3) is 7.41. The third-order valence-electron chi connectivity index (χ3n) is 6.53. The van der Waals surface area contributed by atoms with Crippen molar-refractivity contribution in [2.45, 2.75) is 26.3 Å². The zero-order chi connectivity index (χ0) is 32.0. The number of aromatic nitrogens is 8. The van der Waals surface area contributed by atoms with E-state index in [-0.39, 0.29) is 36.7 Å². The molecule has 4 aromatic heterocycles. The third-order valence-corrected chi connectivity index (χ3v) is 7.21. The molecule has 0 unspecified atom stereocenters. The number of nitrogen functional groups attached to an aromatic ring is 4. The summed E-state index contributed by atoms with van der Waals surface area (Å²) in [6.07, 6.45) is 3.19. The van der Waals surface area contributed by atoms with Crippen molar-refractivity contribution in [2.75, 3.05) is 33.6 Å². The molecule has 46 heavy (non-hydrogen) atoms. The Balaban J connectivity index is 0.923. The average Bonchev–Trinajstić information content (AvgIpc) is 3.05. The summed E-state index contributed by atoms with van der Waals surface area (Å²) < 4.78 is 23.1. The quantitative estimate of drug-likeness (QED) is 0.105. The number of nitrogens with two attached hydrogens (primary N) is 4. The van der Waals surface area contributed by atoms with Crippen LogP contribution in [0.4, 0.5) is 34.9 Å². The molecule has 4 heterocycles. The zero-order valence-electron chi connectivity index (χ0n) is 24.2. The molecule has 0 aliphatic rings. The van der Waals surface area contributed by atoms with Crippen LogP contribution in [0.3, 0.4) is 0 Å². The van der Waals surface area contributed by atoms with E-state index in [1.807, 2.05) is 48.5 Å². The highest BCUT2D eigenvalue weighted by Gasteiger charge is 2.20. The van der Waals surface area contributed by atoms with E-state index >= 15 is 0 Å². The smallest absolute Gasteiger partial charge is 0.382 e. The molecule has 2 aromatic carbocycles. The molecule has 0 fully saturated rings. The summed E-state index contributed by atoms with van der Waals surface area (Å²) in [5.74, 6) is 0.445. The molecule has 0 amide bonds. The Morgan fingerprint density at radius 2 is 1.00 bits per heavy atom. The first-order valence-corrected chi connectivity index (χ1v) is 14.9. The average molecular weight is 640 g/mol. The molecule has 0 bridgehead atoms. The van der Waals surface area contributed by atoms with Gasteiger partial charge in [0.05, 0.1) is 36.9 Å². The van der Waals surface area contributed by atoms with Gasteiger partial charge in [0.1, 0.15) is 13.2 Å². The number of hydrogen-bond donors (Lipinski definition) is 6. The van der Waals surface area contributed by atoms with Crippen LogP contribution in [0.25, 0.3) is 22.3 Å². The van der Waals surface area contributed by atoms with Gasteiger partial charge in [0.15, 0.2) is 34.0 Å². The molecule has 0 saturated carbocycles. The maximum Gasteiger partial charge on any atom is 0.698 e. The summed E-state index contributed by atoms with van der Waals surface area (Å²) in [6, 6.07) is 15.0. The van der Waals surface area contributed by atoms with E-state index in [4.69, 9.17) is 32.0 Å². The molecule has 0 spiro atoms. The van der Waals surface area contributed by atoms with E-state index in [1.54, 1.807) is 12.4 Å². The van der Waals surface area contributed by atoms with Crippen molar-refractivity contribution in [2.24, 2.45) is 0 Å². The van der Waals surface area contributed by atoms with Crippen LogP contribution in [0.2, 0.25) is 0 Å². The highest BCUT2D eigenvalue weighted by Crippen LogP contribution is 2.28. The SMILES string of the molecule is Nc1nc(N)c2nc(CNc3ccc(CO[P+](=O)OCc4ccc(NCc5cnc6nc(N)nc(N)c6n5)cc4)cc3)cnc2n1. The van der Waals surface area contributed by atoms with Gasteiger partial charge in [-0.3, -0.25) is 0 Å². The van der Waals surface area contributed by atoms with Crippen LogP contribution in [0.15, 0.2) is 60.9 Å². The maximum absolute atomic E-state index is 12.3. The molecule has 0 atom stereocenters. The Morgan fingerprint density at radius 3 is 1.41 bits per heavy atom. The lowest BCUT2D eigenvalue weighted by atomic mass is 10.2. The monoisotopic (exact) mass is 639 g/mol. The fourth-order valence-electron chi connectivity index (χ4n) is 4.25. The number of anilines is 6. The molecule has 0 aliphatic heterocycles. The van der Waals surface area contributed by atoms with Gasteiger partial charge in [0, 0.05) is 15.9 Å². The van der Waals surface area contributed by atoms with Crippen LogP contribution < -0.4 is 33.6 Å². The standard InChI is InChI=1S/C28H28N14O3P/c29-23-21-25(41-27(31)39-23)35-11-19(37-21)9-33-17-5-1-15(2-6-17)13-44-46(43)45-14-16-3-7-18(8-4-16)34-10-20-12-36-26-22(38-20)24(30)40-28(32)42-26/h1-8,11-12,33-34H,9-10,13-14H2,(H4,29,31,35,39,41)(H4,30,32,36,40,42)/q+1. The van der Waals surface area contributed by atoms with Crippen LogP contribution in [-0.4, -0.2) is 39.9 Å². The fraction of sp³-hybridized carbons (Fsp3) is 0.143. The van der Waals surface area contributed by atoms with E-state index in [9.17, 15) is 4.57 Å². The van der Waals surface area contributed by atoms with Gasteiger partial charge in [-0.15, -0.1) is 9.05 Å². The normalized spacial score (nSPS) is 11.1. The summed E-state index contributed by atoms with van der Waals surface area (Å²) >= 11 is 0. The lowest BCUT2D eigenvalue weighted by molar-refractivity contribution is 0.213. The highest BCUT2D eigenvalue weighted by atomic mass is 31.1. The molecule has 0 saturated heterocycles. The topological polar surface area (TPSA) is 267 Å². The van der Waals surface area contributed by atoms with Crippen LogP contribution in [-0.2, 0) is 39.9 Å². The first-order chi connectivity index (χ1) is 22.3. The van der Waals surface area contributed by atoms with Crippen molar-refractivity contribution in [1.82, 2.24) is 39.9 Å². The first kappa shape index (κ1) is 30.1. The number of nitrogens with zero attached hydrogens (tertiary/aromatic N) is 8. The molecule has 0 aliphatic carbocycles. The molecule has 0 radical (unpaired) electrons. The van der Waals surface area contributed by atoms with Gasteiger partial charge < -0.3 is 33.6 Å². The Bertz CT molecular complexity index is 1890. The van der Waals surface area contributed by atoms with Gasteiger partial charge in [-0.05, 0) is 35.4 Å². The summed E-state index contributed by atoms with van der Waals surface area (Å²) in [5.41, 5.74) is 29.1. The van der Waals surface area contributed by atoms with Crippen molar-refractivity contribution in [1.29, 1.82) is 0 Å². The molecular weight excluding hydrogens is 611 g/mol. The second kappa shape index (κ2) is 13.4. The molecule has 10 N–H and O–H groups in total. The van der Waals surface area contributed by atoms with Gasteiger partial charge in [-0.25, -0.2) is 19.9 Å². The van der Waals surface area contributed by atoms with Gasteiger partial charge in [0.2, 0.25) is 11.9 Å². The van der Waals surface area contributed by atoms with Crippen LogP contribution >= 0.6 is 8.25 Å². The van der Waals surface area contributed by atoms with Crippen molar-refractivity contribution in [3.05, 3.63) is 83.4 Å². The second-order valence-corrected chi connectivity index (χ2v) is 10.8. The molecule has 18 heteroatoms. The number of nitrogens with one attached hydrogen (secondary N) is 2. The summed E-state index contributed by atoms with van der Waals surface area (Å²) in [6.45, 7) is 1.06. The molecular formula is C28H28N14O3P+. The second-order valence-electron chi connectivity index (χ2n) is 9.87. The minimum absolute atomic E-state index is 0.0474. The summed E-state index contributed by atoms with van der Waals surface area (Å²) in [7, 11) is -2.32. The van der Waals surface area contributed by atoms with E-state index in [0.717, 1.165) is 22.5 Å². The van der Waals surface area contributed by atoms with Crippen LogP contribution in [0, 0.1) is 0 Å². The first-order valence-electron chi connectivity index (χ1n) is 13.8. The number of rotatable bonds is 12. The van der Waals surface area contributed by atoms with Gasteiger partial charge in [-0.1, -0.05) is 24.3 Å². The van der Waals surface area contributed by atoms with Gasteiger partial charge in [0.25, 0.3) is 0 Å². The number of fused-ring (bicyclic) bond motifs is 2.